The van der Waals surface area contributed by atoms with Crippen molar-refractivity contribution < 1.29 is 31.1 Å². The van der Waals surface area contributed by atoms with Crippen LogP contribution in [0.4, 0.5) is 18.9 Å². The molecule has 1 aliphatic rings. The van der Waals surface area contributed by atoms with Gasteiger partial charge in [0.05, 0.1) is 5.69 Å². The largest absolute Gasteiger partial charge is 0.573 e. The number of aromatic amines is 1. The Hall–Kier alpha value is -2.69. The van der Waals surface area contributed by atoms with E-state index < -0.39 is 22.1 Å². The Morgan fingerprint density at radius 3 is 2.52 bits per heavy atom. The lowest BCUT2D eigenvalue weighted by molar-refractivity contribution is -0.274. The molecule has 1 aliphatic heterocycles. The summed E-state index contributed by atoms with van der Waals surface area (Å²) >= 11 is 0. The first-order valence-electron chi connectivity index (χ1n) is 8.01. The van der Waals surface area contributed by atoms with Gasteiger partial charge in [-0.05, 0) is 31.0 Å². The number of benzene rings is 1. The molecule has 0 spiro atoms. The van der Waals surface area contributed by atoms with E-state index in [4.69, 9.17) is 0 Å². The van der Waals surface area contributed by atoms with Gasteiger partial charge in [-0.15, -0.1) is 13.2 Å². The lowest BCUT2D eigenvalue weighted by Crippen LogP contribution is -2.27. The van der Waals surface area contributed by atoms with Crippen LogP contribution in [-0.2, 0) is 10.0 Å². The van der Waals surface area contributed by atoms with Gasteiger partial charge in [0.25, 0.3) is 15.9 Å². The normalized spacial score (nSPS) is 15.0. The maximum absolute atomic E-state index is 12.5. The van der Waals surface area contributed by atoms with Crippen LogP contribution in [0.1, 0.15) is 23.3 Å². The summed E-state index contributed by atoms with van der Waals surface area (Å²) in [5.74, 6) is -1.01. The number of ether oxygens (including phenoxy) is 1. The van der Waals surface area contributed by atoms with Gasteiger partial charge >= 0.3 is 6.36 Å². The molecule has 1 aromatic heterocycles. The fraction of sp³-hybridized carbons (Fsp3) is 0.312. The van der Waals surface area contributed by atoms with E-state index in [2.05, 4.69) is 9.72 Å². The zero-order valence-electron chi connectivity index (χ0n) is 13.9. The number of nitrogens with zero attached hydrogens (tertiary/aromatic N) is 1. The third-order valence-electron chi connectivity index (χ3n) is 3.95. The maximum atomic E-state index is 12.5. The first kappa shape index (κ1) is 19.1. The van der Waals surface area contributed by atoms with E-state index in [1.807, 2.05) is 4.72 Å². The molecular formula is C16H16F3N3O4S. The van der Waals surface area contributed by atoms with Gasteiger partial charge in [-0.2, -0.15) is 0 Å². The summed E-state index contributed by atoms with van der Waals surface area (Å²) in [6, 6.07) is 5.92. The second-order valence-corrected chi connectivity index (χ2v) is 7.58. The van der Waals surface area contributed by atoms with Crippen LogP contribution >= 0.6 is 0 Å². The summed E-state index contributed by atoms with van der Waals surface area (Å²) in [6.45, 7) is 1.20. The van der Waals surface area contributed by atoms with Crippen molar-refractivity contribution in [3.63, 3.8) is 0 Å². The predicted molar refractivity (Wildman–Crippen MR) is 89.9 cm³/mol. The Morgan fingerprint density at radius 2 is 1.85 bits per heavy atom. The standard InChI is InChI=1S/C16H16F3N3O4S/c17-16(18,19)26-14-6-2-1-5-12(14)21-27(24,25)11-9-13(20-10-11)15(23)22-7-3-4-8-22/h1-2,5-6,9-10,20-21H,3-4,7-8H2. The number of carbonyl (C=O) groups excluding carboxylic acids is 1. The van der Waals surface area contributed by atoms with Gasteiger partial charge in [0, 0.05) is 19.3 Å². The van der Waals surface area contributed by atoms with Crippen molar-refractivity contribution in [1.82, 2.24) is 9.88 Å². The molecule has 1 amide bonds. The fourth-order valence-corrected chi connectivity index (χ4v) is 3.78. The van der Waals surface area contributed by atoms with Gasteiger partial charge < -0.3 is 14.6 Å². The van der Waals surface area contributed by atoms with Gasteiger partial charge in [0.2, 0.25) is 0 Å². The van der Waals surface area contributed by atoms with Gasteiger partial charge in [0.1, 0.15) is 10.6 Å². The summed E-state index contributed by atoms with van der Waals surface area (Å²) in [5.41, 5.74) is -0.277. The number of aromatic nitrogens is 1. The molecule has 0 unspecified atom stereocenters. The summed E-state index contributed by atoms with van der Waals surface area (Å²) < 4.78 is 68.3. The third-order valence-corrected chi connectivity index (χ3v) is 5.29. The number of rotatable bonds is 5. The number of H-pyrrole nitrogens is 1. The van der Waals surface area contributed by atoms with E-state index in [0.717, 1.165) is 37.2 Å². The van der Waals surface area contributed by atoms with Crippen LogP contribution in [0.15, 0.2) is 41.4 Å². The Balaban J connectivity index is 1.81. The number of likely N-dealkylation sites (tertiary alicyclic amines) is 1. The van der Waals surface area contributed by atoms with Crippen LogP contribution in [0, 0.1) is 0 Å². The van der Waals surface area contributed by atoms with Gasteiger partial charge in [-0.25, -0.2) is 8.42 Å². The number of sulfonamides is 1. The van der Waals surface area contributed by atoms with E-state index in [9.17, 15) is 26.4 Å². The molecule has 0 bridgehead atoms. The Bertz CT molecular complexity index is 934. The van der Waals surface area contributed by atoms with Crippen LogP contribution < -0.4 is 9.46 Å². The van der Waals surface area contributed by atoms with Crippen molar-refractivity contribution in [1.29, 1.82) is 0 Å². The molecule has 27 heavy (non-hydrogen) atoms. The zero-order chi connectivity index (χ0) is 19.7. The van der Waals surface area contributed by atoms with Gasteiger partial charge in [0.15, 0.2) is 5.75 Å². The molecule has 0 saturated carbocycles. The molecule has 0 atom stereocenters. The number of carbonyl (C=O) groups is 1. The number of halogens is 3. The minimum atomic E-state index is -4.97. The lowest BCUT2D eigenvalue weighted by Gasteiger charge is -2.14. The molecule has 7 nitrogen and oxygen atoms in total. The zero-order valence-corrected chi connectivity index (χ0v) is 14.7. The number of hydrogen-bond donors (Lipinski definition) is 2. The number of anilines is 1. The minimum Gasteiger partial charge on any atom is -0.404 e. The number of para-hydroxylation sites is 2. The van der Waals surface area contributed by atoms with E-state index in [0.29, 0.717) is 13.1 Å². The molecule has 2 N–H and O–H groups in total. The molecule has 11 heteroatoms. The van der Waals surface area contributed by atoms with Crippen molar-refractivity contribution in [3.05, 3.63) is 42.2 Å². The number of nitrogens with one attached hydrogen (secondary N) is 2. The van der Waals surface area contributed by atoms with Crippen molar-refractivity contribution in [2.45, 2.75) is 24.1 Å². The maximum Gasteiger partial charge on any atom is 0.573 e. The molecule has 3 rings (SSSR count). The molecule has 146 valence electrons. The predicted octanol–water partition coefficient (Wildman–Crippen LogP) is 2.95. The molecular weight excluding hydrogens is 387 g/mol. The number of amides is 1. The lowest BCUT2D eigenvalue weighted by atomic mass is 10.3. The second-order valence-electron chi connectivity index (χ2n) is 5.90. The molecule has 1 aromatic carbocycles. The van der Waals surface area contributed by atoms with Crippen LogP contribution in [0.3, 0.4) is 0 Å². The van der Waals surface area contributed by atoms with Crippen molar-refractivity contribution in [2.75, 3.05) is 17.8 Å². The number of hydrogen-bond acceptors (Lipinski definition) is 4. The van der Waals surface area contributed by atoms with E-state index in [1.165, 1.54) is 12.1 Å². The first-order valence-corrected chi connectivity index (χ1v) is 9.49. The van der Waals surface area contributed by atoms with Crippen molar-refractivity contribution in [2.24, 2.45) is 0 Å². The SMILES string of the molecule is O=C(c1cc(S(=O)(=O)Nc2ccccc2OC(F)(F)F)c[nH]1)N1CCCC1. The molecule has 1 saturated heterocycles. The molecule has 0 aliphatic carbocycles. The third kappa shape index (κ3) is 4.54. The topological polar surface area (TPSA) is 91.5 Å². The highest BCUT2D eigenvalue weighted by molar-refractivity contribution is 7.92. The van der Waals surface area contributed by atoms with Crippen LogP contribution in [0.5, 0.6) is 5.75 Å². The molecule has 0 radical (unpaired) electrons. The van der Waals surface area contributed by atoms with Crippen molar-refractivity contribution in [3.8, 4) is 5.75 Å². The highest BCUT2D eigenvalue weighted by Gasteiger charge is 2.33. The Kier molecular flexibility index (Phi) is 5.05. The quantitative estimate of drug-likeness (QED) is 0.803. The molecule has 1 fully saturated rings. The summed E-state index contributed by atoms with van der Waals surface area (Å²) in [5, 5.41) is 0. The smallest absolute Gasteiger partial charge is 0.404 e. The first-order chi connectivity index (χ1) is 12.7. The van der Waals surface area contributed by atoms with Gasteiger partial charge in [-0.3, -0.25) is 9.52 Å². The fourth-order valence-electron chi connectivity index (χ4n) is 2.71. The Morgan fingerprint density at radius 1 is 1.19 bits per heavy atom. The summed E-state index contributed by atoms with van der Waals surface area (Å²) in [6.07, 6.45) is -2.09. The monoisotopic (exact) mass is 403 g/mol. The van der Waals surface area contributed by atoms with Crippen LogP contribution in [0.25, 0.3) is 0 Å². The minimum absolute atomic E-state index is 0.0945. The van der Waals surface area contributed by atoms with Crippen LogP contribution in [-0.4, -0.2) is 43.7 Å². The van der Waals surface area contributed by atoms with Crippen molar-refractivity contribution >= 4 is 21.6 Å². The van der Waals surface area contributed by atoms with E-state index >= 15 is 0 Å². The van der Waals surface area contributed by atoms with Gasteiger partial charge in [-0.1, -0.05) is 12.1 Å². The highest BCUT2D eigenvalue weighted by Crippen LogP contribution is 2.31. The Labute approximate surface area is 153 Å². The highest BCUT2D eigenvalue weighted by atomic mass is 32.2. The van der Waals surface area contributed by atoms with E-state index in [-0.39, 0.29) is 22.2 Å². The number of alkyl halides is 3. The average Bonchev–Trinajstić information content (AvgIpc) is 3.27. The second kappa shape index (κ2) is 7.14. The van der Waals surface area contributed by atoms with E-state index in [1.54, 1.807) is 4.90 Å². The molecule has 2 heterocycles. The summed E-state index contributed by atoms with van der Waals surface area (Å²) in [7, 11) is -4.23. The summed E-state index contributed by atoms with van der Waals surface area (Å²) in [4.78, 5) is 16.2. The average molecular weight is 403 g/mol. The molecule has 2 aromatic rings. The van der Waals surface area contributed by atoms with Crippen LogP contribution in [0.2, 0.25) is 0 Å².